The molecule has 6 unspecified atom stereocenters. The van der Waals surface area contributed by atoms with Crippen molar-refractivity contribution in [1.29, 1.82) is 0 Å². The van der Waals surface area contributed by atoms with Crippen molar-refractivity contribution in [2.24, 2.45) is 23.7 Å². The van der Waals surface area contributed by atoms with Gasteiger partial charge in [-0.25, -0.2) is 0 Å². The van der Waals surface area contributed by atoms with Crippen LogP contribution in [0.3, 0.4) is 0 Å². The van der Waals surface area contributed by atoms with Gasteiger partial charge in [-0.3, -0.25) is 0 Å². The maximum atomic E-state index is 6.65. The van der Waals surface area contributed by atoms with Gasteiger partial charge >= 0.3 is 0 Å². The van der Waals surface area contributed by atoms with Crippen LogP contribution in [0, 0.1) is 23.7 Å². The molecule has 1 aromatic rings. The molecule has 0 aliphatic carbocycles. The number of unbranched alkanes of at least 4 members (excludes halogenated alkanes) is 1. The van der Waals surface area contributed by atoms with Crippen molar-refractivity contribution >= 4 is 0 Å². The average Bonchev–Trinajstić information content (AvgIpc) is 3.14. The van der Waals surface area contributed by atoms with E-state index in [-0.39, 0.29) is 0 Å². The number of ether oxygens (including phenoxy) is 5. The van der Waals surface area contributed by atoms with Crippen LogP contribution in [0.1, 0.15) is 58.6 Å². The molecule has 0 N–H and O–H groups in total. The molecule has 0 saturated carbocycles. The molecule has 160 valence electrons. The first-order valence-electron chi connectivity index (χ1n) is 11.3. The Kier molecular flexibility index (Phi) is 4.56. The SMILES string of the molecule is CCCCOc1cc2c(c3c1CC1C(C)COC1(C)O3)CC1C(C)COC1(C)O2. The topological polar surface area (TPSA) is 46.2 Å². The summed E-state index contributed by atoms with van der Waals surface area (Å²) in [5.41, 5.74) is 2.35. The summed E-state index contributed by atoms with van der Waals surface area (Å²) in [4.78, 5) is 0. The third-order valence-electron chi connectivity index (χ3n) is 7.61. The second-order valence-corrected chi connectivity index (χ2v) is 9.79. The molecular formula is C24H34O5. The van der Waals surface area contributed by atoms with Crippen LogP contribution in [0.4, 0.5) is 0 Å². The van der Waals surface area contributed by atoms with Crippen molar-refractivity contribution < 1.29 is 23.7 Å². The maximum absolute atomic E-state index is 6.65. The predicted molar refractivity (Wildman–Crippen MR) is 110 cm³/mol. The fraction of sp³-hybridized carbons (Fsp3) is 0.750. The van der Waals surface area contributed by atoms with Gasteiger partial charge < -0.3 is 23.7 Å². The Morgan fingerprint density at radius 1 is 0.966 bits per heavy atom. The summed E-state index contributed by atoms with van der Waals surface area (Å²) in [6.45, 7) is 13.0. The van der Waals surface area contributed by atoms with Gasteiger partial charge in [0.15, 0.2) is 0 Å². The molecule has 0 bridgehead atoms. The molecule has 4 aliphatic rings. The summed E-state index contributed by atoms with van der Waals surface area (Å²) in [7, 11) is 0. The molecule has 2 fully saturated rings. The molecule has 1 aromatic carbocycles. The molecule has 5 nitrogen and oxygen atoms in total. The van der Waals surface area contributed by atoms with E-state index in [4.69, 9.17) is 23.7 Å². The van der Waals surface area contributed by atoms with Gasteiger partial charge in [-0.2, -0.15) is 0 Å². The smallest absolute Gasteiger partial charge is 0.211 e. The fourth-order valence-electron chi connectivity index (χ4n) is 5.67. The molecule has 5 rings (SSSR count). The number of hydrogen-bond donors (Lipinski definition) is 0. The van der Waals surface area contributed by atoms with E-state index >= 15 is 0 Å². The van der Waals surface area contributed by atoms with E-state index in [0.29, 0.717) is 30.3 Å². The first-order valence-corrected chi connectivity index (χ1v) is 11.3. The zero-order valence-electron chi connectivity index (χ0n) is 18.4. The van der Waals surface area contributed by atoms with Gasteiger partial charge in [0.1, 0.15) is 17.2 Å². The molecule has 6 atom stereocenters. The lowest BCUT2D eigenvalue weighted by Crippen LogP contribution is -2.46. The number of hydrogen-bond acceptors (Lipinski definition) is 5. The second kappa shape index (κ2) is 6.78. The van der Waals surface area contributed by atoms with Crippen LogP contribution in [-0.4, -0.2) is 31.4 Å². The fourth-order valence-corrected chi connectivity index (χ4v) is 5.67. The highest BCUT2D eigenvalue weighted by atomic mass is 16.7. The maximum Gasteiger partial charge on any atom is 0.211 e. The van der Waals surface area contributed by atoms with Crippen LogP contribution in [0.2, 0.25) is 0 Å². The summed E-state index contributed by atoms with van der Waals surface area (Å²) < 4.78 is 31.6. The molecule has 0 aromatic heterocycles. The monoisotopic (exact) mass is 402 g/mol. The summed E-state index contributed by atoms with van der Waals surface area (Å²) >= 11 is 0. The van der Waals surface area contributed by atoms with Gasteiger partial charge in [-0.1, -0.05) is 27.2 Å². The lowest BCUT2D eigenvalue weighted by Gasteiger charge is -2.43. The van der Waals surface area contributed by atoms with Gasteiger partial charge in [0.2, 0.25) is 11.6 Å². The molecule has 0 amide bonds. The third kappa shape index (κ3) is 2.96. The first-order chi connectivity index (χ1) is 13.8. The van der Waals surface area contributed by atoms with Gasteiger partial charge in [0.05, 0.1) is 19.8 Å². The van der Waals surface area contributed by atoms with Crippen LogP contribution in [0.25, 0.3) is 0 Å². The van der Waals surface area contributed by atoms with Crippen LogP contribution in [0.15, 0.2) is 6.07 Å². The zero-order valence-corrected chi connectivity index (χ0v) is 18.4. The van der Waals surface area contributed by atoms with E-state index < -0.39 is 11.6 Å². The van der Waals surface area contributed by atoms with Crippen LogP contribution in [-0.2, 0) is 22.3 Å². The number of rotatable bonds is 4. The Morgan fingerprint density at radius 3 is 2.24 bits per heavy atom. The highest BCUT2D eigenvalue weighted by Crippen LogP contribution is 2.55. The largest absolute Gasteiger partial charge is 0.493 e. The summed E-state index contributed by atoms with van der Waals surface area (Å²) in [6, 6.07) is 2.09. The zero-order chi connectivity index (χ0) is 20.4. The molecular weight excluding hydrogens is 368 g/mol. The third-order valence-corrected chi connectivity index (χ3v) is 7.61. The number of benzene rings is 1. The molecule has 4 aliphatic heterocycles. The average molecular weight is 403 g/mol. The Bertz CT molecular complexity index is 807. The van der Waals surface area contributed by atoms with Crippen LogP contribution in [0.5, 0.6) is 17.2 Å². The Morgan fingerprint density at radius 2 is 1.59 bits per heavy atom. The summed E-state index contributed by atoms with van der Waals surface area (Å²) in [6.07, 6.45) is 3.97. The Balaban J connectivity index is 1.59. The number of fused-ring (bicyclic) bond motifs is 5. The molecule has 0 radical (unpaired) electrons. The minimum Gasteiger partial charge on any atom is -0.493 e. The van der Waals surface area contributed by atoms with Crippen molar-refractivity contribution in [2.45, 2.75) is 71.9 Å². The quantitative estimate of drug-likeness (QED) is 0.681. The van der Waals surface area contributed by atoms with Crippen molar-refractivity contribution in [1.82, 2.24) is 0 Å². The summed E-state index contributed by atoms with van der Waals surface area (Å²) in [5.74, 6) is 3.13. The Hall–Kier alpha value is -1.46. The normalized spacial score (nSPS) is 39.6. The van der Waals surface area contributed by atoms with E-state index in [0.717, 1.165) is 61.7 Å². The van der Waals surface area contributed by atoms with Crippen LogP contribution >= 0.6 is 0 Å². The van der Waals surface area contributed by atoms with E-state index in [1.165, 1.54) is 5.56 Å². The summed E-state index contributed by atoms with van der Waals surface area (Å²) in [5, 5.41) is 0. The van der Waals surface area contributed by atoms with Crippen molar-refractivity contribution in [2.75, 3.05) is 19.8 Å². The van der Waals surface area contributed by atoms with Crippen molar-refractivity contribution in [3.05, 3.63) is 17.2 Å². The predicted octanol–water partition coefficient (Wildman–Crippen LogP) is 4.73. The van der Waals surface area contributed by atoms with Gasteiger partial charge in [0, 0.05) is 42.9 Å². The Labute approximate surface area is 174 Å². The molecule has 0 spiro atoms. The lowest BCUT2D eigenvalue weighted by atomic mass is 9.78. The minimum absolute atomic E-state index is 0.323. The van der Waals surface area contributed by atoms with Gasteiger partial charge in [-0.15, -0.1) is 0 Å². The highest BCUT2D eigenvalue weighted by Gasteiger charge is 2.54. The molecule has 29 heavy (non-hydrogen) atoms. The van der Waals surface area contributed by atoms with Crippen molar-refractivity contribution in [3.8, 4) is 17.2 Å². The highest BCUT2D eigenvalue weighted by molar-refractivity contribution is 5.60. The minimum atomic E-state index is -0.569. The van der Waals surface area contributed by atoms with E-state index in [2.05, 4.69) is 40.7 Å². The van der Waals surface area contributed by atoms with Crippen LogP contribution < -0.4 is 14.2 Å². The van der Waals surface area contributed by atoms with E-state index in [1.807, 2.05) is 0 Å². The molecule has 4 heterocycles. The molecule has 5 heteroatoms. The standard InChI is InChI=1S/C24H34O5/c1-6-7-8-25-20-11-21-17(10-18-14(2)12-26-23(18,4)28-21)22-16(20)9-19-15(3)13-27-24(19,5)29-22/h11,14-15,18-19H,6-10,12-13H2,1-5H3. The van der Waals surface area contributed by atoms with Crippen molar-refractivity contribution in [3.63, 3.8) is 0 Å². The van der Waals surface area contributed by atoms with Gasteiger partial charge in [-0.05, 0) is 31.1 Å². The van der Waals surface area contributed by atoms with E-state index in [9.17, 15) is 0 Å². The second-order valence-electron chi connectivity index (χ2n) is 9.79. The first kappa shape index (κ1) is 19.5. The van der Waals surface area contributed by atoms with Gasteiger partial charge in [0.25, 0.3) is 0 Å². The van der Waals surface area contributed by atoms with E-state index in [1.54, 1.807) is 0 Å². The lowest BCUT2D eigenvalue weighted by molar-refractivity contribution is -0.174. The molecule has 2 saturated heterocycles.